The van der Waals surface area contributed by atoms with Gasteiger partial charge < -0.3 is 19.3 Å². The van der Waals surface area contributed by atoms with Gasteiger partial charge in [-0.25, -0.2) is 8.78 Å². The molecule has 1 unspecified atom stereocenters. The molecule has 64 heavy (non-hydrogen) atoms. The van der Waals surface area contributed by atoms with E-state index in [1.165, 1.54) is 0 Å². The third-order valence-electron chi connectivity index (χ3n) is 14.5. The number of pyridine rings is 1. The molecule has 6 aliphatic heterocycles. The Morgan fingerprint density at radius 1 is 0.859 bits per heavy atom. The fourth-order valence-corrected chi connectivity index (χ4v) is 11.0. The molecule has 3 aromatic heterocycles. The van der Waals surface area contributed by atoms with Gasteiger partial charge in [-0.1, -0.05) is 0 Å². The van der Waals surface area contributed by atoms with Crippen molar-refractivity contribution in [2.45, 2.75) is 83.0 Å². The maximum atomic E-state index is 15.1. The van der Waals surface area contributed by atoms with Crippen molar-refractivity contribution in [3.8, 4) is 11.1 Å². The van der Waals surface area contributed by atoms with Gasteiger partial charge in [-0.2, -0.15) is 5.10 Å². The Hall–Kier alpha value is -6.49. The molecular formula is C47H48F2N10O5. The standard InChI is InChI=1S/C47H48F2N10O5/c1-26(60)55-17-12-39-37(25-55)44(57-14-3-4-27-18-32(33(43(48)49)20-41(27)57)36-24-53(2)38-9-13-50-21-35(36)38)52-59(39)30-22-56(23-30)28-10-15-54(16-11-28)29-5-6-31-34(19-29)47(64)58(46(31)63)40-7-8-42(61)51-45(40)62/h5-6,9,13,18-21,24,28,30,40,43H,3-4,7-8,10-12,14-17,22-23,25H2,1-2H3,(H,51,61,62). The molecule has 0 saturated carbocycles. The molecule has 1 N–H and O–H groups in total. The van der Waals surface area contributed by atoms with E-state index in [-0.39, 0.29) is 41.5 Å². The number of aromatic nitrogens is 4. The third kappa shape index (κ3) is 6.48. The van der Waals surface area contributed by atoms with Crippen molar-refractivity contribution >= 4 is 57.6 Å². The number of anilines is 3. The first-order valence-corrected chi connectivity index (χ1v) is 22.3. The van der Waals surface area contributed by atoms with Crippen LogP contribution in [-0.4, -0.2) is 115 Å². The Morgan fingerprint density at radius 2 is 1.66 bits per heavy atom. The molecule has 6 aliphatic rings. The molecule has 9 heterocycles. The predicted molar refractivity (Wildman–Crippen MR) is 232 cm³/mol. The number of piperidine rings is 2. The van der Waals surface area contributed by atoms with Gasteiger partial charge in [-0.15, -0.1) is 0 Å². The summed E-state index contributed by atoms with van der Waals surface area (Å²) in [6.07, 6.45) is 6.88. The Labute approximate surface area is 367 Å². The summed E-state index contributed by atoms with van der Waals surface area (Å²) in [5, 5.41) is 8.39. The van der Waals surface area contributed by atoms with Crippen LogP contribution >= 0.6 is 0 Å². The molecule has 330 valence electrons. The average Bonchev–Trinajstić information content (AvgIpc) is 3.90. The molecule has 0 aliphatic carbocycles. The molecule has 0 bridgehead atoms. The van der Waals surface area contributed by atoms with Crippen LogP contribution < -0.4 is 15.1 Å². The lowest BCUT2D eigenvalue weighted by molar-refractivity contribution is -0.136. The first kappa shape index (κ1) is 40.3. The van der Waals surface area contributed by atoms with Crippen LogP contribution in [0.4, 0.5) is 26.0 Å². The van der Waals surface area contributed by atoms with Crippen LogP contribution in [0.25, 0.3) is 22.0 Å². The minimum absolute atomic E-state index is 0.00654. The number of hydrogen-bond acceptors (Lipinski definition) is 10. The van der Waals surface area contributed by atoms with Crippen molar-refractivity contribution in [1.82, 2.24) is 39.3 Å². The van der Waals surface area contributed by atoms with E-state index in [1.54, 1.807) is 37.5 Å². The van der Waals surface area contributed by atoms with Crippen LogP contribution in [0.1, 0.15) is 94.6 Å². The zero-order valence-corrected chi connectivity index (χ0v) is 35.7. The van der Waals surface area contributed by atoms with E-state index in [0.717, 1.165) is 107 Å². The number of carbonyl (C=O) groups is 5. The molecule has 5 amide bonds. The molecule has 17 heteroatoms. The van der Waals surface area contributed by atoms with Gasteiger partial charge >= 0.3 is 0 Å². The van der Waals surface area contributed by atoms with E-state index < -0.39 is 36.1 Å². The number of aryl methyl sites for hydroxylation is 2. The van der Waals surface area contributed by atoms with Gasteiger partial charge in [0.25, 0.3) is 18.2 Å². The number of nitrogens with zero attached hydrogens (tertiary/aromatic N) is 9. The minimum Gasteiger partial charge on any atom is -0.371 e. The van der Waals surface area contributed by atoms with E-state index >= 15 is 8.78 Å². The van der Waals surface area contributed by atoms with Gasteiger partial charge in [0.2, 0.25) is 17.7 Å². The lowest BCUT2D eigenvalue weighted by Gasteiger charge is -2.47. The first-order valence-electron chi connectivity index (χ1n) is 22.3. The zero-order chi connectivity index (χ0) is 44.1. The number of halogens is 2. The van der Waals surface area contributed by atoms with Crippen LogP contribution in [0, 0.1) is 0 Å². The number of nitrogens with one attached hydrogen (secondary N) is 1. The molecule has 3 fully saturated rings. The molecule has 2 aromatic carbocycles. The molecule has 0 radical (unpaired) electrons. The third-order valence-corrected chi connectivity index (χ3v) is 14.5. The first-order chi connectivity index (χ1) is 30.9. The van der Waals surface area contributed by atoms with Crippen molar-refractivity contribution in [3.63, 3.8) is 0 Å². The van der Waals surface area contributed by atoms with Crippen molar-refractivity contribution in [2.75, 3.05) is 49.1 Å². The monoisotopic (exact) mass is 870 g/mol. The highest BCUT2D eigenvalue weighted by molar-refractivity contribution is 6.23. The highest BCUT2D eigenvalue weighted by Gasteiger charge is 2.45. The fourth-order valence-electron chi connectivity index (χ4n) is 11.0. The van der Waals surface area contributed by atoms with Gasteiger partial charge in [0, 0.05) is 130 Å². The number of likely N-dealkylation sites (tertiary alicyclic amines) is 1. The Balaban J connectivity index is 0.812. The number of benzene rings is 2. The second kappa shape index (κ2) is 15.3. The second-order valence-electron chi connectivity index (χ2n) is 18.1. The van der Waals surface area contributed by atoms with E-state index in [2.05, 4.69) is 29.7 Å². The van der Waals surface area contributed by atoms with Gasteiger partial charge in [0.1, 0.15) is 6.04 Å². The molecule has 11 rings (SSSR count). The van der Waals surface area contributed by atoms with E-state index in [4.69, 9.17) is 5.10 Å². The van der Waals surface area contributed by atoms with Gasteiger partial charge in [-0.3, -0.25) is 48.8 Å². The van der Waals surface area contributed by atoms with Gasteiger partial charge in [0.15, 0.2) is 5.82 Å². The smallest absolute Gasteiger partial charge is 0.264 e. The second-order valence-corrected chi connectivity index (χ2v) is 18.1. The van der Waals surface area contributed by atoms with Crippen LogP contribution in [0.15, 0.2) is 55.0 Å². The minimum atomic E-state index is -2.70. The SMILES string of the molecule is CC(=O)N1CCc2c(c(N3CCCc4cc(-c5cn(C)c6ccncc56)c(C(F)F)cc43)nn2C2CN(C3CCN(c4ccc5c(c4)C(=O)N(C4CCC(=O)NC4=O)C5=O)CC3)C2)C1. The van der Waals surface area contributed by atoms with Gasteiger partial charge in [-0.05, 0) is 79.6 Å². The summed E-state index contributed by atoms with van der Waals surface area (Å²) in [4.78, 5) is 77.7. The van der Waals surface area contributed by atoms with Crippen molar-refractivity contribution in [1.29, 1.82) is 0 Å². The summed E-state index contributed by atoms with van der Waals surface area (Å²) in [5.74, 6) is -1.33. The summed E-state index contributed by atoms with van der Waals surface area (Å²) in [7, 11) is 1.91. The number of rotatable bonds is 7. The largest absolute Gasteiger partial charge is 0.371 e. The fraction of sp³-hybridized carbons (Fsp3) is 0.426. The number of imide groups is 2. The topological polar surface area (TPSA) is 149 Å². The highest BCUT2D eigenvalue weighted by Crippen LogP contribution is 2.45. The molecule has 5 aromatic rings. The van der Waals surface area contributed by atoms with E-state index in [1.807, 2.05) is 40.9 Å². The summed E-state index contributed by atoms with van der Waals surface area (Å²) < 4.78 is 34.3. The summed E-state index contributed by atoms with van der Waals surface area (Å²) in [6, 6.07) is 10.2. The normalized spacial score (nSPS) is 20.9. The number of alkyl halides is 2. The Kier molecular flexibility index (Phi) is 9.66. The maximum absolute atomic E-state index is 15.1. The van der Waals surface area contributed by atoms with E-state index in [9.17, 15) is 24.0 Å². The van der Waals surface area contributed by atoms with E-state index in [0.29, 0.717) is 37.7 Å². The summed E-state index contributed by atoms with van der Waals surface area (Å²) in [5.41, 5.74) is 7.36. The molecule has 15 nitrogen and oxygen atoms in total. The van der Waals surface area contributed by atoms with Crippen molar-refractivity contribution in [3.05, 3.63) is 88.5 Å². The number of carbonyl (C=O) groups excluding carboxylic acids is 5. The molecular weight excluding hydrogens is 823 g/mol. The quantitative estimate of drug-likeness (QED) is 0.214. The lowest BCUT2D eigenvalue weighted by Crippen LogP contribution is -2.56. The summed E-state index contributed by atoms with van der Waals surface area (Å²) in [6.45, 7) is 6.38. The van der Waals surface area contributed by atoms with Crippen LogP contribution in [0.2, 0.25) is 0 Å². The molecule has 3 saturated heterocycles. The average molecular weight is 871 g/mol. The Bertz CT molecular complexity index is 2800. The number of fused-ring (bicyclic) bond motifs is 4. The lowest BCUT2D eigenvalue weighted by atomic mass is 9.91. The van der Waals surface area contributed by atoms with Crippen molar-refractivity contribution in [2.24, 2.45) is 7.05 Å². The van der Waals surface area contributed by atoms with Gasteiger partial charge in [0.05, 0.1) is 29.2 Å². The maximum Gasteiger partial charge on any atom is 0.264 e. The predicted octanol–water partition coefficient (Wildman–Crippen LogP) is 5.29. The summed E-state index contributed by atoms with van der Waals surface area (Å²) >= 11 is 0. The number of amides is 5. The van der Waals surface area contributed by atoms with Crippen molar-refractivity contribution < 1.29 is 32.8 Å². The number of hydrogen-bond donors (Lipinski definition) is 1. The Morgan fingerprint density at radius 3 is 2.42 bits per heavy atom. The van der Waals surface area contributed by atoms with Crippen LogP contribution in [0.3, 0.4) is 0 Å². The highest BCUT2D eigenvalue weighted by atomic mass is 19.3. The zero-order valence-electron chi connectivity index (χ0n) is 35.7. The molecule has 1 atom stereocenters. The molecule has 0 spiro atoms. The van der Waals surface area contributed by atoms with Crippen LogP contribution in [-0.2, 0) is 40.8 Å². The van der Waals surface area contributed by atoms with Crippen LogP contribution in [0.5, 0.6) is 0 Å².